The van der Waals surface area contributed by atoms with Crippen molar-refractivity contribution in [3.05, 3.63) is 41.4 Å². The number of hydrogen-bond donors (Lipinski definition) is 1. The summed E-state index contributed by atoms with van der Waals surface area (Å²) >= 11 is 6.34. The van der Waals surface area contributed by atoms with Gasteiger partial charge in [-0.1, -0.05) is 11.6 Å². The van der Waals surface area contributed by atoms with Gasteiger partial charge in [-0.3, -0.25) is 0 Å². The molecular weight excluding hydrogens is 274 g/mol. The molecule has 5 heteroatoms. The van der Waals surface area contributed by atoms with Crippen LogP contribution in [0.4, 0.5) is 0 Å². The summed E-state index contributed by atoms with van der Waals surface area (Å²) in [5.74, 6) is 1.33. The third kappa shape index (κ3) is 2.53. The van der Waals surface area contributed by atoms with Crippen LogP contribution in [0.15, 0.2) is 30.7 Å². The highest BCUT2D eigenvalue weighted by Crippen LogP contribution is 2.31. The Kier molecular flexibility index (Phi) is 3.94. The van der Waals surface area contributed by atoms with Crippen LogP contribution >= 0.6 is 11.6 Å². The smallest absolute Gasteiger partial charge is 0.121 e. The van der Waals surface area contributed by atoms with Gasteiger partial charge in [-0.25, -0.2) is 4.98 Å². The maximum absolute atomic E-state index is 6.34. The van der Waals surface area contributed by atoms with Crippen LogP contribution in [0, 0.1) is 0 Å². The monoisotopic (exact) mass is 291 g/mol. The molecule has 0 amide bonds. The lowest BCUT2D eigenvalue weighted by molar-refractivity contribution is 0.414. The number of ether oxygens (including phenoxy) is 1. The van der Waals surface area contributed by atoms with E-state index >= 15 is 0 Å². The van der Waals surface area contributed by atoms with Crippen LogP contribution in [0.1, 0.15) is 24.5 Å². The minimum Gasteiger partial charge on any atom is -0.497 e. The molecule has 1 aromatic carbocycles. The summed E-state index contributed by atoms with van der Waals surface area (Å²) < 4.78 is 7.38. The number of imidazole rings is 1. The molecule has 0 saturated carbocycles. The number of benzene rings is 1. The lowest BCUT2D eigenvalue weighted by Gasteiger charge is -2.24. The predicted octanol–water partition coefficient (Wildman–Crippen LogP) is 3.00. The molecule has 0 radical (unpaired) electrons. The van der Waals surface area contributed by atoms with Crippen molar-refractivity contribution in [2.24, 2.45) is 0 Å². The van der Waals surface area contributed by atoms with E-state index in [0.717, 1.165) is 37.4 Å². The van der Waals surface area contributed by atoms with Crippen molar-refractivity contribution in [1.82, 2.24) is 14.9 Å². The van der Waals surface area contributed by atoms with Gasteiger partial charge in [0, 0.05) is 23.9 Å². The molecule has 1 N–H and O–H groups in total. The molecular formula is C15H18ClN3O. The van der Waals surface area contributed by atoms with Crippen molar-refractivity contribution in [2.75, 3.05) is 20.2 Å². The summed E-state index contributed by atoms with van der Waals surface area (Å²) in [5, 5.41) is 4.10. The van der Waals surface area contributed by atoms with Crippen molar-refractivity contribution in [1.29, 1.82) is 0 Å². The number of nitrogens with one attached hydrogen (secondary N) is 1. The van der Waals surface area contributed by atoms with Crippen molar-refractivity contribution in [3.63, 3.8) is 0 Å². The van der Waals surface area contributed by atoms with Crippen LogP contribution in [-0.4, -0.2) is 29.8 Å². The third-order valence-electron chi connectivity index (χ3n) is 3.84. The normalized spacial score (nSPS) is 16.3. The van der Waals surface area contributed by atoms with Gasteiger partial charge in [-0.05, 0) is 38.1 Å². The zero-order valence-electron chi connectivity index (χ0n) is 11.5. The zero-order chi connectivity index (χ0) is 13.9. The Labute approximate surface area is 123 Å². The third-order valence-corrected chi connectivity index (χ3v) is 4.16. The number of aromatic nitrogens is 2. The van der Waals surface area contributed by atoms with Gasteiger partial charge in [0.15, 0.2) is 0 Å². The second-order valence-corrected chi connectivity index (χ2v) is 5.44. The Morgan fingerprint density at radius 1 is 1.35 bits per heavy atom. The van der Waals surface area contributed by atoms with Crippen LogP contribution in [-0.2, 0) is 0 Å². The highest BCUT2D eigenvalue weighted by Gasteiger charge is 2.20. The fourth-order valence-corrected chi connectivity index (χ4v) is 2.94. The molecule has 3 rings (SSSR count). The fourth-order valence-electron chi connectivity index (χ4n) is 2.73. The number of rotatable bonds is 3. The average molecular weight is 292 g/mol. The molecule has 0 atom stereocenters. The summed E-state index contributed by atoms with van der Waals surface area (Å²) in [4.78, 5) is 4.31. The average Bonchev–Trinajstić information content (AvgIpc) is 2.98. The Morgan fingerprint density at radius 2 is 2.15 bits per heavy atom. The van der Waals surface area contributed by atoms with Crippen molar-refractivity contribution in [2.45, 2.75) is 18.8 Å². The minimum absolute atomic E-state index is 0.529. The molecule has 2 heterocycles. The molecule has 20 heavy (non-hydrogen) atoms. The van der Waals surface area contributed by atoms with Crippen LogP contribution in [0.2, 0.25) is 5.02 Å². The maximum Gasteiger partial charge on any atom is 0.121 e. The molecule has 4 nitrogen and oxygen atoms in total. The molecule has 2 aromatic rings. The van der Waals surface area contributed by atoms with E-state index in [9.17, 15) is 0 Å². The quantitative estimate of drug-likeness (QED) is 0.945. The number of halogens is 1. The molecule has 1 aromatic heterocycles. The standard InChI is InChI=1S/C15H18ClN3O/c1-20-12-2-3-13(16)14(8-12)19-10-18-9-15(19)11-4-6-17-7-5-11/h2-3,8-11,17H,4-7H2,1H3. The first kappa shape index (κ1) is 13.5. The highest BCUT2D eigenvalue weighted by atomic mass is 35.5. The molecule has 0 bridgehead atoms. The van der Waals surface area contributed by atoms with E-state index in [1.54, 1.807) is 7.11 Å². The molecule has 1 aliphatic heterocycles. The summed E-state index contributed by atoms with van der Waals surface area (Å²) in [7, 11) is 1.66. The molecule has 1 saturated heterocycles. The predicted molar refractivity (Wildman–Crippen MR) is 80.0 cm³/mol. The second kappa shape index (κ2) is 5.85. The molecule has 0 aliphatic carbocycles. The van der Waals surface area contributed by atoms with E-state index in [2.05, 4.69) is 14.9 Å². The molecule has 1 fully saturated rings. The van der Waals surface area contributed by atoms with Gasteiger partial charge >= 0.3 is 0 Å². The number of nitrogens with zero attached hydrogens (tertiary/aromatic N) is 2. The van der Waals surface area contributed by atoms with Crippen molar-refractivity contribution < 1.29 is 4.74 Å². The van der Waals surface area contributed by atoms with Crippen LogP contribution in [0.3, 0.4) is 0 Å². The van der Waals surface area contributed by atoms with Crippen LogP contribution < -0.4 is 10.1 Å². The second-order valence-electron chi connectivity index (χ2n) is 5.03. The SMILES string of the molecule is COc1ccc(Cl)c(-n2cncc2C2CCNCC2)c1. The molecule has 0 spiro atoms. The molecule has 1 aliphatic rings. The Morgan fingerprint density at radius 3 is 2.90 bits per heavy atom. The van der Waals surface area contributed by atoms with E-state index < -0.39 is 0 Å². The zero-order valence-corrected chi connectivity index (χ0v) is 12.2. The van der Waals surface area contributed by atoms with E-state index in [4.69, 9.17) is 16.3 Å². The number of hydrogen-bond acceptors (Lipinski definition) is 3. The first-order valence-corrected chi connectivity index (χ1v) is 7.24. The Balaban J connectivity index is 2.00. The summed E-state index contributed by atoms with van der Waals surface area (Å²) in [5.41, 5.74) is 2.15. The van der Waals surface area contributed by atoms with E-state index in [-0.39, 0.29) is 0 Å². The number of piperidine rings is 1. The van der Waals surface area contributed by atoms with Gasteiger partial charge in [0.1, 0.15) is 5.75 Å². The van der Waals surface area contributed by atoms with Crippen molar-refractivity contribution >= 4 is 11.6 Å². The number of methoxy groups -OCH3 is 1. The first-order chi connectivity index (χ1) is 9.79. The Bertz CT molecular complexity index is 591. The van der Waals surface area contributed by atoms with E-state index in [1.165, 1.54) is 5.69 Å². The topological polar surface area (TPSA) is 39.1 Å². The van der Waals surface area contributed by atoms with E-state index in [0.29, 0.717) is 10.9 Å². The van der Waals surface area contributed by atoms with Crippen LogP contribution in [0.5, 0.6) is 5.75 Å². The largest absolute Gasteiger partial charge is 0.497 e. The fraction of sp³-hybridized carbons (Fsp3) is 0.400. The van der Waals surface area contributed by atoms with E-state index in [1.807, 2.05) is 30.7 Å². The highest BCUT2D eigenvalue weighted by molar-refractivity contribution is 6.32. The minimum atomic E-state index is 0.529. The van der Waals surface area contributed by atoms with Crippen molar-refractivity contribution in [3.8, 4) is 11.4 Å². The summed E-state index contributed by atoms with van der Waals surface area (Å²) in [6.45, 7) is 2.11. The van der Waals surface area contributed by atoms with Gasteiger partial charge in [0.05, 0.1) is 24.1 Å². The van der Waals surface area contributed by atoms with Gasteiger partial charge in [-0.15, -0.1) is 0 Å². The summed E-state index contributed by atoms with van der Waals surface area (Å²) in [6, 6.07) is 5.68. The maximum atomic E-state index is 6.34. The van der Waals surface area contributed by atoms with Gasteiger partial charge in [-0.2, -0.15) is 0 Å². The first-order valence-electron chi connectivity index (χ1n) is 6.86. The lowest BCUT2D eigenvalue weighted by atomic mass is 9.95. The molecule has 106 valence electrons. The van der Waals surface area contributed by atoms with Gasteiger partial charge in [0.2, 0.25) is 0 Å². The lowest BCUT2D eigenvalue weighted by Crippen LogP contribution is -2.27. The van der Waals surface area contributed by atoms with Gasteiger partial charge < -0.3 is 14.6 Å². The van der Waals surface area contributed by atoms with Crippen LogP contribution in [0.25, 0.3) is 5.69 Å². The molecule has 0 unspecified atom stereocenters. The van der Waals surface area contributed by atoms with Gasteiger partial charge in [0.25, 0.3) is 0 Å². The Hall–Kier alpha value is -1.52. The summed E-state index contributed by atoms with van der Waals surface area (Å²) in [6.07, 6.45) is 6.05.